The summed E-state index contributed by atoms with van der Waals surface area (Å²) >= 11 is 1.45. The molecule has 7 nitrogen and oxygen atoms in total. The molecule has 0 saturated heterocycles. The van der Waals surface area contributed by atoms with E-state index in [-0.39, 0.29) is 5.91 Å². The first kappa shape index (κ1) is 22.5. The molecule has 0 saturated carbocycles. The van der Waals surface area contributed by atoms with E-state index in [0.717, 1.165) is 48.3 Å². The number of aliphatic imine (C=N–C) groups is 1. The number of thiophene rings is 1. The van der Waals surface area contributed by atoms with E-state index in [1.807, 2.05) is 42.8 Å². The first-order valence-electron chi connectivity index (χ1n) is 9.53. The normalized spacial score (nSPS) is 11.1. The summed E-state index contributed by atoms with van der Waals surface area (Å²) in [6.07, 6.45) is 1.67. The fourth-order valence-corrected chi connectivity index (χ4v) is 3.45. The molecule has 0 aliphatic carbocycles. The van der Waals surface area contributed by atoms with Crippen LogP contribution in [0.3, 0.4) is 0 Å². The van der Waals surface area contributed by atoms with Crippen LogP contribution in [0.1, 0.15) is 21.7 Å². The number of ether oxygens (including phenoxy) is 2. The van der Waals surface area contributed by atoms with Crippen molar-refractivity contribution >= 4 is 23.2 Å². The van der Waals surface area contributed by atoms with Crippen molar-refractivity contribution in [3.05, 3.63) is 46.2 Å². The Bertz CT molecular complexity index is 793. The minimum Gasteiger partial charge on any atom is -0.493 e. The maximum atomic E-state index is 11.9. The van der Waals surface area contributed by atoms with Gasteiger partial charge >= 0.3 is 0 Å². The van der Waals surface area contributed by atoms with Gasteiger partial charge in [0.05, 0.1) is 19.1 Å². The Morgan fingerprint density at radius 3 is 2.55 bits per heavy atom. The van der Waals surface area contributed by atoms with Crippen molar-refractivity contribution in [3.63, 3.8) is 0 Å². The number of hydrogen-bond donors (Lipinski definition) is 2. The number of carbonyl (C=O) groups excluding carboxylic acids is 1. The van der Waals surface area contributed by atoms with Gasteiger partial charge in [-0.3, -0.25) is 9.79 Å². The molecule has 2 aromatic rings. The highest BCUT2D eigenvalue weighted by atomic mass is 32.1. The molecular weight excluding hydrogens is 388 g/mol. The molecule has 2 N–H and O–H groups in total. The second-order valence-corrected chi connectivity index (χ2v) is 7.37. The molecule has 8 heteroatoms. The van der Waals surface area contributed by atoms with Crippen LogP contribution in [-0.2, 0) is 6.42 Å². The van der Waals surface area contributed by atoms with E-state index in [4.69, 9.17) is 9.47 Å². The summed E-state index contributed by atoms with van der Waals surface area (Å²) < 4.78 is 10.6. The Kier molecular flexibility index (Phi) is 9.30. The zero-order valence-corrected chi connectivity index (χ0v) is 18.3. The van der Waals surface area contributed by atoms with Gasteiger partial charge in [-0.15, -0.1) is 11.3 Å². The van der Waals surface area contributed by atoms with E-state index >= 15 is 0 Å². The standard InChI is InChI=1S/C21H30N4O3S/c1-22-21(24-12-6-11-23-20(26)19-7-5-14-29-19)25(2)13-10-16-8-9-17(27-3)18(15-16)28-4/h5,7-9,14-15H,6,10-13H2,1-4H3,(H,22,24)(H,23,26). The van der Waals surface area contributed by atoms with Gasteiger partial charge in [0.1, 0.15) is 0 Å². The first-order chi connectivity index (χ1) is 14.1. The van der Waals surface area contributed by atoms with Gasteiger partial charge in [-0.2, -0.15) is 0 Å². The van der Waals surface area contributed by atoms with Gasteiger partial charge in [0.25, 0.3) is 5.91 Å². The van der Waals surface area contributed by atoms with Crippen molar-refractivity contribution < 1.29 is 14.3 Å². The Hall–Kier alpha value is -2.74. The highest BCUT2D eigenvalue weighted by Gasteiger charge is 2.09. The average Bonchev–Trinajstić information content (AvgIpc) is 3.29. The molecule has 1 aromatic carbocycles. The number of methoxy groups -OCH3 is 2. The fraction of sp³-hybridized carbons (Fsp3) is 0.429. The lowest BCUT2D eigenvalue weighted by Gasteiger charge is -2.22. The van der Waals surface area contributed by atoms with Crippen LogP contribution in [0.15, 0.2) is 40.7 Å². The molecular formula is C21H30N4O3S. The lowest BCUT2D eigenvalue weighted by molar-refractivity contribution is 0.0957. The number of nitrogens with one attached hydrogen (secondary N) is 2. The Labute approximate surface area is 176 Å². The number of nitrogens with zero attached hydrogens (tertiary/aromatic N) is 2. The molecule has 1 amide bonds. The highest BCUT2D eigenvalue weighted by molar-refractivity contribution is 7.12. The minimum atomic E-state index is -0.0172. The number of amides is 1. The van der Waals surface area contributed by atoms with Crippen molar-refractivity contribution in [1.82, 2.24) is 15.5 Å². The van der Waals surface area contributed by atoms with Crippen molar-refractivity contribution in [3.8, 4) is 11.5 Å². The summed E-state index contributed by atoms with van der Waals surface area (Å²) in [4.78, 5) is 19.1. The summed E-state index contributed by atoms with van der Waals surface area (Å²) in [7, 11) is 7.05. The molecule has 29 heavy (non-hydrogen) atoms. The monoisotopic (exact) mass is 418 g/mol. The number of benzene rings is 1. The average molecular weight is 419 g/mol. The van der Waals surface area contributed by atoms with E-state index in [0.29, 0.717) is 6.54 Å². The first-order valence-corrected chi connectivity index (χ1v) is 10.4. The van der Waals surface area contributed by atoms with Gasteiger partial charge in [0.15, 0.2) is 17.5 Å². The summed E-state index contributed by atoms with van der Waals surface area (Å²) in [5.41, 5.74) is 1.17. The summed E-state index contributed by atoms with van der Waals surface area (Å²) in [6, 6.07) is 9.67. The topological polar surface area (TPSA) is 75.2 Å². The predicted octanol–water partition coefficient (Wildman–Crippen LogP) is 2.64. The van der Waals surface area contributed by atoms with E-state index < -0.39 is 0 Å². The van der Waals surface area contributed by atoms with Gasteiger partial charge in [-0.25, -0.2) is 0 Å². The van der Waals surface area contributed by atoms with Crippen LogP contribution in [0, 0.1) is 0 Å². The lowest BCUT2D eigenvalue weighted by Crippen LogP contribution is -2.41. The number of hydrogen-bond acceptors (Lipinski definition) is 5. The Balaban J connectivity index is 1.71. The Morgan fingerprint density at radius 2 is 1.90 bits per heavy atom. The van der Waals surface area contributed by atoms with Crippen molar-refractivity contribution in [2.75, 3.05) is 47.9 Å². The molecule has 0 atom stereocenters. The van der Waals surface area contributed by atoms with Gasteiger partial charge in [-0.05, 0) is 42.0 Å². The van der Waals surface area contributed by atoms with Crippen LogP contribution in [0.5, 0.6) is 11.5 Å². The molecule has 0 unspecified atom stereocenters. The largest absolute Gasteiger partial charge is 0.493 e. The molecule has 0 radical (unpaired) electrons. The molecule has 0 bridgehead atoms. The van der Waals surface area contributed by atoms with E-state index in [9.17, 15) is 4.79 Å². The second kappa shape index (κ2) is 12.0. The van der Waals surface area contributed by atoms with Crippen LogP contribution in [0.25, 0.3) is 0 Å². The zero-order valence-electron chi connectivity index (χ0n) is 17.5. The molecule has 158 valence electrons. The van der Waals surface area contributed by atoms with Crippen LogP contribution in [-0.4, -0.2) is 64.7 Å². The van der Waals surface area contributed by atoms with Gasteiger partial charge in [0, 0.05) is 33.7 Å². The van der Waals surface area contributed by atoms with Crippen LogP contribution in [0.2, 0.25) is 0 Å². The smallest absolute Gasteiger partial charge is 0.261 e. The summed E-state index contributed by atoms with van der Waals surface area (Å²) in [5.74, 6) is 2.28. The van der Waals surface area contributed by atoms with Gasteiger partial charge < -0.3 is 25.0 Å². The SMILES string of the molecule is CN=C(NCCCNC(=O)c1cccs1)N(C)CCc1ccc(OC)c(OC)c1. The van der Waals surface area contributed by atoms with E-state index in [1.165, 1.54) is 16.9 Å². The molecule has 1 heterocycles. The molecule has 0 aliphatic heterocycles. The van der Waals surface area contributed by atoms with Gasteiger partial charge in [0.2, 0.25) is 0 Å². The molecule has 0 spiro atoms. The number of rotatable bonds is 10. The number of likely N-dealkylation sites (N-methyl/N-ethyl adjacent to an activating group) is 1. The minimum absolute atomic E-state index is 0.0172. The second-order valence-electron chi connectivity index (χ2n) is 6.42. The van der Waals surface area contributed by atoms with Crippen molar-refractivity contribution in [2.45, 2.75) is 12.8 Å². The third kappa shape index (κ3) is 6.98. The predicted molar refractivity (Wildman–Crippen MR) is 119 cm³/mol. The maximum absolute atomic E-state index is 11.9. The molecule has 0 fully saturated rings. The highest BCUT2D eigenvalue weighted by Crippen LogP contribution is 2.27. The van der Waals surface area contributed by atoms with E-state index in [2.05, 4.69) is 20.5 Å². The van der Waals surface area contributed by atoms with Crippen molar-refractivity contribution in [2.24, 2.45) is 4.99 Å². The van der Waals surface area contributed by atoms with Crippen LogP contribution >= 0.6 is 11.3 Å². The fourth-order valence-electron chi connectivity index (χ4n) is 2.81. The lowest BCUT2D eigenvalue weighted by atomic mass is 10.1. The maximum Gasteiger partial charge on any atom is 0.261 e. The van der Waals surface area contributed by atoms with Crippen LogP contribution < -0.4 is 20.1 Å². The third-order valence-electron chi connectivity index (χ3n) is 4.42. The van der Waals surface area contributed by atoms with Crippen molar-refractivity contribution in [1.29, 1.82) is 0 Å². The van der Waals surface area contributed by atoms with Crippen LogP contribution in [0.4, 0.5) is 0 Å². The van der Waals surface area contributed by atoms with E-state index in [1.54, 1.807) is 21.3 Å². The third-order valence-corrected chi connectivity index (χ3v) is 5.29. The molecule has 1 aromatic heterocycles. The number of carbonyl (C=O) groups is 1. The van der Waals surface area contributed by atoms with Gasteiger partial charge in [-0.1, -0.05) is 12.1 Å². The summed E-state index contributed by atoms with van der Waals surface area (Å²) in [6.45, 7) is 2.17. The zero-order chi connectivity index (χ0) is 21.1. The quantitative estimate of drug-likeness (QED) is 0.352. The summed E-state index contributed by atoms with van der Waals surface area (Å²) in [5, 5.41) is 8.17. The molecule has 2 rings (SSSR count). The Morgan fingerprint density at radius 1 is 1.14 bits per heavy atom. The molecule has 0 aliphatic rings. The number of guanidine groups is 1.